The molecule has 0 atom stereocenters. The molecule has 1 saturated heterocycles. The number of phenols is 1. The van der Waals surface area contributed by atoms with Gasteiger partial charge in [0.15, 0.2) is 0 Å². The van der Waals surface area contributed by atoms with Crippen molar-refractivity contribution in [1.29, 1.82) is 0 Å². The van der Waals surface area contributed by atoms with Crippen molar-refractivity contribution < 1.29 is 9.63 Å². The fraction of sp³-hybridized carbons (Fsp3) is 0.409. The van der Waals surface area contributed by atoms with Crippen molar-refractivity contribution in [3.05, 3.63) is 36.7 Å². The highest BCUT2D eigenvalue weighted by Crippen LogP contribution is 2.37. The zero-order valence-electron chi connectivity index (χ0n) is 18.4. The molecule has 168 valence electrons. The Bertz CT molecular complexity index is 1230. The Balaban J connectivity index is 0.00000245. The van der Waals surface area contributed by atoms with Crippen LogP contribution in [0, 0.1) is 0 Å². The minimum Gasteiger partial charge on any atom is -0.507 e. The lowest BCUT2D eigenvalue weighted by atomic mass is 9.80. The van der Waals surface area contributed by atoms with Crippen LogP contribution in [0.15, 0.2) is 41.2 Å². The Morgan fingerprint density at radius 2 is 1.78 bits per heavy atom. The Hall–Kier alpha value is -3.04. The van der Waals surface area contributed by atoms with Crippen LogP contribution in [0.5, 0.6) is 5.75 Å². The molecule has 1 aromatic carbocycles. The predicted octanol–water partition coefficient (Wildman–Crippen LogP) is 4.15. The summed E-state index contributed by atoms with van der Waals surface area (Å²) in [4.78, 5) is 0. The second-order valence-corrected chi connectivity index (χ2v) is 9.57. The summed E-state index contributed by atoms with van der Waals surface area (Å²) in [5, 5.41) is 35.5. The molecule has 32 heavy (non-hydrogen) atoms. The van der Waals surface area contributed by atoms with Gasteiger partial charge in [0.1, 0.15) is 17.5 Å². The summed E-state index contributed by atoms with van der Waals surface area (Å²) >= 11 is 0. The normalized spacial score (nSPS) is 17.9. The van der Waals surface area contributed by atoms with Gasteiger partial charge < -0.3 is 14.9 Å². The van der Waals surface area contributed by atoms with E-state index < -0.39 is 0 Å². The van der Waals surface area contributed by atoms with Crippen molar-refractivity contribution in [2.24, 2.45) is 0 Å². The number of hydrogen-bond donors (Lipinski definition) is 2. The van der Waals surface area contributed by atoms with Gasteiger partial charge in [0, 0.05) is 22.2 Å². The Kier molecular flexibility index (Phi) is 5.42. The van der Waals surface area contributed by atoms with E-state index in [9.17, 15) is 5.11 Å². The number of hydrogen-bond acceptors (Lipinski definition) is 8. The fourth-order valence-electron chi connectivity index (χ4n) is 4.85. The zero-order valence-corrected chi connectivity index (χ0v) is 19.2. The molecule has 0 spiro atoms. The van der Waals surface area contributed by atoms with Gasteiger partial charge in [0.25, 0.3) is 0 Å². The second kappa shape index (κ2) is 7.83. The molecule has 0 unspecified atom stereocenters. The van der Waals surface area contributed by atoms with Crippen molar-refractivity contribution in [3.63, 3.8) is 0 Å². The largest absolute Gasteiger partial charge is 0.507 e. The van der Waals surface area contributed by atoms with Crippen molar-refractivity contribution in [3.8, 4) is 28.1 Å². The van der Waals surface area contributed by atoms with Crippen molar-refractivity contribution in [1.82, 2.24) is 35.7 Å². The summed E-state index contributed by atoms with van der Waals surface area (Å²) in [7, 11) is 0. The third kappa shape index (κ3) is 4.05. The lowest BCUT2D eigenvalue weighted by molar-refractivity contribution is 0.127. The maximum Gasteiger partial charge on any atom is 0.201 e. The summed E-state index contributed by atoms with van der Waals surface area (Å²) < 4.78 is 6.77. The maximum atomic E-state index is 10.6. The van der Waals surface area contributed by atoms with Crippen molar-refractivity contribution in [2.45, 2.75) is 57.7 Å². The van der Waals surface area contributed by atoms with Crippen LogP contribution in [-0.2, 0) is 0 Å². The van der Waals surface area contributed by atoms with Gasteiger partial charge in [0.2, 0.25) is 5.65 Å². The number of nitrogens with one attached hydrogen (secondary N) is 1. The number of piperidine rings is 1. The van der Waals surface area contributed by atoms with Crippen LogP contribution < -0.4 is 5.32 Å². The minimum atomic E-state index is -0.0178. The van der Waals surface area contributed by atoms with E-state index in [1.807, 2.05) is 16.8 Å². The molecule has 5 rings (SSSR count). The Morgan fingerprint density at radius 1 is 1.03 bits per heavy atom. The van der Waals surface area contributed by atoms with Crippen LogP contribution >= 0.6 is 12.4 Å². The molecular formula is C22H26ClN7O2. The molecule has 0 saturated carbocycles. The SMILES string of the molecule is CC1(C)CC(n2nnc3cc(-c4ccc(-c5cnoc5)cc4O)nnc32)CC(C)(C)N1.Cl. The Labute approximate surface area is 191 Å². The van der Waals surface area contributed by atoms with Gasteiger partial charge in [-0.3, -0.25) is 0 Å². The van der Waals surface area contributed by atoms with Crippen LogP contribution in [0.25, 0.3) is 33.5 Å². The number of phenolic OH excluding ortho intramolecular Hbond substituents is 1. The Morgan fingerprint density at radius 3 is 2.44 bits per heavy atom. The number of halogens is 1. The number of rotatable bonds is 3. The lowest BCUT2D eigenvalue weighted by Crippen LogP contribution is -2.58. The highest BCUT2D eigenvalue weighted by Gasteiger charge is 2.39. The first-order valence-electron chi connectivity index (χ1n) is 10.3. The highest BCUT2D eigenvalue weighted by molar-refractivity contribution is 5.85. The fourth-order valence-corrected chi connectivity index (χ4v) is 4.85. The first-order chi connectivity index (χ1) is 14.7. The maximum absolute atomic E-state index is 10.6. The number of fused-ring (bicyclic) bond motifs is 1. The van der Waals surface area contributed by atoms with E-state index in [-0.39, 0.29) is 35.3 Å². The average Bonchev–Trinajstić information content (AvgIpc) is 3.35. The van der Waals surface area contributed by atoms with Crippen molar-refractivity contribution in [2.75, 3.05) is 0 Å². The number of aromatic nitrogens is 6. The molecule has 3 aromatic heterocycles. The summed E-state index contributed by atoms with van der Waals surface area (Å²) in [6, 6.07) is 7.33. The van der Waals surface area contributed by atoms with Crippen LogP contribution in [-0.4, -0.2) is 46.5 Å². The van der Waals surface area contributed by atoms with Crippen LogP contribution in [0.2, 0.25) is 0 Å². The van der Waals surface area contributed by atoms with E-state index in [2.05, 4.69) is 58.7 Å². The van der Waals surface area contributed by atoms with Gasteiger partial charge in [-0.25, -0.2) is 4.68 Å². The summed E-state index contributed by atoms with van der Waals surface area (Å²) in [5.74, 6) is 0.0987. The second-order valence-electron chi connectivity index (χ2n) is 9.57. The first kappa shape index (κ1) is 22.2. The molecule has 4 aromatic rings. The molecule has 10 heteroatoms. The quantitative estimate of drug-likeness (QED) is 0.473. The minimum absolute atomic E-state index is 0. The first-order valence-corrected chi connectivity index (χ1v) is 10.3. The van der Waals surface area contributed by atoms with Gasteiger partial charge >= 0.3 is 0 Å². The van der Waals surface area contributed by atoms with Gasteiger partial charge in [-0.05, 0) is 64.3 Å². The number of nitrogens with zero attached hydrogens (tertiary/aromatic N) is 6. The molecule has 1 aliphatic rings. The highest BCUT2D eigenvalue weighted by atomic mass is 35.5. The van der Waals surface area contributed by atoms with E-state index in [1.54, 1.807) is 18.3 Å². The molecule has 4 heterocycles. The summed E-state index contributed by atoms with van der Waals surface area (Å²) in [6.07, 6.45) is 4.97. The monoisotopic (exact) mass is 455 g/mol. The van der Waals surface area contributed by atoms with E-state index in [0.717, 1.165) is 24.0 Å². The smallest absolute Gasteiger partial charge is 0.201 e. The third-order valence-corrected chi connectivity index (χ3v) is 5.77. The van der Waals surface area contributed by atoms with Crippen LogP contribution in [0.4, 0.5) is 0 Å². The van der Waals surface area contributed by atoms with E-state index in [4.69, 9.17) is 4.52 Å². The lowest BCUT2D eigenvalue weighted by Gasteiger charge is -2.46. The van der Waals surface area contributed by atoms with E-state index in [0.29, 0.717) is 22.4 Å². The predicted molar refractivity (Wildman–Crippen MR) is 123 cm³/mol. The number of benzene rings is 1. The molecular weight excluding hydrogens is 430 g/mol. The van der Waals surface area contributed by atoms with Gasteiger partial charge in [0.05, 0.1) is 17.9 Å². The zero-order chi connectivity index (χ0) is 21.8. The molecule has 9 nitrogen and oxygen atoms in total. The van der Waals surface area contributed by atoms with Crippen molar-refractivity contribution >= 4 is 23.6 Å². The van der Waals surface area contributed by atoms with E-state index >= 15 is 0 Å². The molecule has 0 radical (unpaired) electrons. The van der Waals surface area contributed by atoms with E-state index in [1.165, 1.54) is 6.26 Å². The topological polar surface area (TPSA) is 115 Å². The third-order valence-electron chi connectivity index (χ3n) is 5.77. The van der Waals surface area contributed by atoms with Gasteiger partial charge in [-0.2, -0.15) is 0 Å². The van der Waals surface area contributed by atoms with Gasteiger partial charge in [-0.15, -0.1) is 27.7 Å². The van der Waals surface area contributed by atoms with Gasteiger partial charge in [-0.1, -0.05) is 16.4 Å². The molecule has 0 amide bonds. The summed E-state index contributed by atoms with van der Waals surface area (Å²) in [5.41, 5.74) is 3.99. The molecule has 1 fully saturated rings. The standard InChI is InChI=1S/C22H25N7O2.ClH/c1-21(2)9-15(10-22(3,4)27-21)29-20-18(25-28-29)8-17(24-26-20)16-6-5-13(7-19(16)30)14-11-23-31-12-14;/h5-8,11-12,15,27,30H,9-10H2,1-4H3;1H. The molecule has 0 bridgehead atoms. The molecule has 0 aliphatic carbocycles. The number of aromatic hydroxyl groups is 1. The molecule has 1 aliphatic heterocycles. The van der Waals surface area contributed by atoms with Crippen LogP contribution in [0.3, 0.4) is 0 Å². The molecule has 2 N–H and O–H groups in total. The average molecular weight is 456 g/mol. The van der Waals surface area contributed by atoms with Crippen LogP contribution in [0.1, 0.15) is 46.6 Å². The summed E-state index contributed by atoms with van der Waals surface area (Å²) in [6.45, 7) is 8.82.